The fraction of sp³-hybridized carbons (Fsp3) is 0.120. The Morgan fingerprint density at radius 2 is 1.69 bits per heavy atom. The lowest BCUT2D eigenvalue weighted by Crippen LogP contribution is -2.46. The monoisotopic (exact) mass is 510 g/mol. The SMILES string of the molecule is O=C(COc1ccc(Cl)cc1)N[C@H](Cc1ccccc1)C(=O)Nc1nnc(-c2ccc(F)cc2)s1. The van der Waals surface area contributed by atoms with E-state index in [0.29, 0.717) is 21.3 Å². The molecule has 0 aliphatic rings. The van der Waals surface area contributed by atoms with Gasteiger partial charge in [-0.2, -0.15) is 0 Å². The largest absolute Gasteiger partial charge is 0.484 e. The molecule has 1 atom stereocenters. The Balaban J connectivity index is 1.42. The topological polar surface area (TPSA) is 93.2 Å². The van der Waals surface area contributed by atoms with Crippen LogP contribution in [0.5, 0.6) is 5.75 Å². The van der Waals surface area contributed by atoms with Gasteiger partial charge >= 0.3 is 0 Å². The zero-order valence-electron chi connectivity index (χ0n) is 18.3. The van der Waals surface area contributed by atoms with Crippen molar-refractivity contribution in [2.75, 3.05) is 11.9 Å². The van der Waals surface area contributed by atoms with Crippen LogP contribution in [-0.2, 0) is 16.0 Å². The van der Waals surface area contributed by atoms with Crippen molar-refractivity contribution in [3.05, 3.63) is 95.3 Å². The summed E-state index contributed by atoms with van der Waals surface area (Å²) in [6.07, 6.45) is 0.267. The van der Waals surface area contributed by atoms with E-state index in [4.69, 9.17) is 16.3 Å². The maximum Gasteiger partial charge on any atom is 0.258 e. The third-order valence-corrected chi connectivity index (χ3v) is 6.00. The van der Waals surface area contributed by atoms with Crippen molar-refractivity contribution >= 4 is 39.9 Å². The minimum Gasteiger partial charge on any atom is -0.484 e. The minimum absolute atomic E-state index is 0.263. The second kappa shape index (κ2) is 11.5. The van der Waals surface area contributed by atoms with Gasteiger partial charge < -0.3 is 10.1 Å². The molecule has 0 aliphatic carbocycles. The first-order valence-electron chi connectivity index (χ1n) is 10.6. The van der Waals surface area contributed by atoms with Crippen LogP contribution in [0.1, 0.15) is 5.56 Å². The molecule has 4 rings (SSSR count). The number of anilines is 1. The number of hydrogen-bond donors (Lipinski definition) is 2. The molecule has 35 heavy (non-hydrogen) atoms. The first-order valence-corrected chi connectivity index (χ1v) is 11.8. The predicted molar refractivity (Wildman–Crippen MR) is 133 cm³/mol. The number of hydrogen-bond acceptors (Lipinski definition) is 6. The Morgan fingerprint density at radius 3 is 2.40 bits per heavy atom. The lowest BCUT2D eigenvalue weighted by molar-refractivity contribution is -0.127. The van der Waals surface area contributed by atoms with Crippen molar-refractivity contribution in [1.29, 1.82) is 0 Å². The molecule has 1 aromatic heterocycles. The van der Waals surface area contributed by atoms with Crippen LogP contribution in [-0.4, -0.2) is 34.7 Å². The van der Waals surface area contributed by atoms with Crippen molar-refractivity contribution in [3.63, 3.8) is 0 Å². The van der Waals surface area contributed by atoms with Gasteiger partial charge in [0, 0.05) is 17.0 Å². The van der Waals surface area contributed by atoms with E-state index < -0.39 is 17.9 Å². The fourth-order valence-corrected chi connectivity index (χ4v) is 4.03. The third-order valence-electron chi connectivity index (χ3n) is 4.86. The molecule has 0 radical (unpaired) electrons. The standard InChI is InChI=1S/C25H20ClFN4O3S/c26-18-8-12-20(13-9-18)34-15-22(32)28-21(14-16-4-2-1-3-5-16)23(33)29-25-31-30-24(35-25)17-6-10-19(27)11-7-17/h1-13,21H,14-15H2,(H,28,32)(H,29,31,33)/t21-/m1/s1. The molecule has 1 heterocycles. The highest BCUT2D eigenvalue weighted by Crippen LogP contribution is 2.26. The average molecular weight is 511 g/mol. The highest BCUT2D eigenvalue weighted by atomic mass is 35.5. The Hall–Kier alpha value is -3.82. The molecular weight excluding hydrogens is 491 g/mol. The second-order valence-electron chi connectivity index (χ2n) is 7.46. The zero-order valence-corrected chi connectivity index (χ0v) is 19.9. The summed E-state index contributed by atoms with van der Waals surface area (Å²) in [4.78, 5) is 25.6. The molecule has 0 bridgehead atoms. The third kappa shape index (κ3) is 7.08. The van der Waals surface area contributed by atoms with Gasteiger partial charge in [0.2, 0.25) is 11.0 Å². The molecule has 3 aromatic carbocycles. The molecule has 0 fully saturated rings. The van der Waals surface area contributed by atoms with Gasteiger partial charge in [-0.05, 0) is 54.1 Å². The molecule has 7 nitrogen and oxygen atoms in total. The molecule has 178 valence electrons. The maximum atomic E-state index is 13.2. The first kappa shape index (κ1) is 24.3. The van der Waals surface area contributed by atoms with E-state index in [1.807, 2.05) is 30.3 Å². The van der Waals surface area contributed by atoms with Crippen LogP contribution >= 0.6 is 22.9 Å². The number of benzene rings is 3. The zero-order chi connectivity index (χ0) is 24.6. The first-order chi connectivity index (χ1) is 17.0. The number of nitrogens with one attached hydrogen (secondary N) is 2. The molecule has 0 saturated heterocycles. The van der Waals surface area contributed by atoms with Crippen molar-refractivity contribution in [3.8, 4) is 16.3 Å². The number of amides is 2. The molecule has 0 unspecified atom stereocenters. The number of carbonyl (C=O) groups is 2. The summed E-state index contributed by atoms with van der Waals surface area (Å²) in [5, 5.41) is 14.8. The number of nitrogens with zero attached hydrogens (tertiary/aromatic N) is 2. The van der Waals surface area contributed by atoms with Gasteiger partial charge in [0.25, 0.3) is 5.91 Å². The summed E-state index contributed by atoms with van der Waals surface area (Å²) >= 11 is 7.01. The van der Waals surface area contributed by atoms with E-state index in [-0.39, 0.29) is 24.0 Å². The highest BCUT2D eigenvalue weighted by molar-refractivity contribution is 7.18. The Labute approximate surface area is 209 Å². The minimum atomic E-state index is -0.878. The quantitative estimate of drug-likeness (QED) is 0.339. The summed E-state index contributed by atoms with van der Waals surface area (Å²) in [6, 6.07) is 20.9. The summed E-state index contributed by atoms with van der Waals surface area (Å²) in [5.74, 6) is -0.780. The van der Waals surface area contributed by atoms with Gasteiger partial charge in [0.05, 0.1) is 0 Å². The summed E-state index contributed by atoms with van der Waals surface area (Å²) < 4.78 is 18.7. The Morgan fingerprint density at radius 1 is 0.971 bits per heavy atom. The molecule has 2 amide bonds. The highest BCUT2D eigenvalue weighted by Gasteiger charge is 2.23. The molecular formula is C25H20ClFN4O3S. The summed E-state index contributed by atoms with van der Waals surface area (Å²) in [6.45, 7) is -0.270. The normalized spacial score (nSPS) is 11.5. The smallest absolute Gasteiger partial charge is 0.258 e. The second-order valence-corrected chi connectivity index (χ2v) is 8.87. The van der Waals surface area contributed by atoms with E-state index in [1.165, 1.54) is 12.1 Å². The number of ether oxygens (including phenoxy) is 1. The average Bonchev–Trinajstić information content (AvgIpc) is 3.33. The lowest BCUT2D eigenvalue weighted by atomic mass is 10.1. The van der Waals surface area contributed by atoms with Gasteiger partial charge in [0.15, 0.2) is 6.61 Å². The van der Waals surface area contributed by atoms with E-state index in [9.17, 15) is 14.0 Å². The Bertz CT molecular complexity index is 1280. The van der Waals surface area contributed by atoms with Gasteiger partial charge in [0.1, 0.15) is 22.6 Å². The van der Waals surface area contributed by atoms with Crippen LogP contribution < -0.4 is 15.4 Å². The van der Waals surface area contributed by atoms with Gasteiger partial charge in [-0.25, -0.2) is 4.39 Å². The lowest BCUT2D eigenvalue weighted by Gasteiger charge is -2.18. The number of halogens is 2. The molecule has 2 N–H and O–H groups in total. The molecule has 4 aromatic rings. The van der Waals surface area contributed by atoms with Crippen molar-refractivity contribution < 1.29 is 18.7 Å². The van der Waals surface area contributed by atoms with E-state index in [0.717, 1.165) is 16.9 Å². The molecule has 0 spiro atoms. The van der Waals surface area contributed by atoms with Crippen LogP contribution in [0.4, 0.5) is 9.52 Å². The number of rotatable bonds is 9. The number of carbonyl (C=O) groups excluding carboxylic acids is 2. The van der Waals surface area contributed by atoms with Gasteiger partial charge in [-0.15, -0.1) is 10.2 Å². The van der Waals surface area contributed by atoms with E-state index >= 15 is 0 Å². The summed E-state index contributed by atoms with van der Waals surface area (Å²) in [7, 11) is 0. The van der Waals surface area contributed by atoms with Crippen molar-refractivity contribution in [1.82, 2.24) is 15.5 Å². The summed E-state index contributed by atoms with van der Waals surface area (Å²) in [5.41, 5.74) is 1.55. The van der Waals surface area contributed by atoms with Gasteiger partial charge in [-0.1, -0.05) is 53.3 Å². The van der Waals surface area contributed by atoms with Crippen LogP contribution in [0.3, 0.4) is 0 Å². The van der Waals surface area contributed by atoms with E-state index in [2.05, 4.69) is 20.8 Å². The van der Waals surface area contributed by atoms with Crippen LogP contribution in [0, 0.1) is 5.82 Å². The van der Waals surface area contributed by atoms with Gasteiger partial charge in [-0.3, -0.25) is 14.9 Å². The van der Waals surface area contributed by atoms with Crippen LogP contribution in [0.2, 0.25) is 5.02 Å². The Kier molecular flexibility index (Phi) is 8.02. The predicted octanol–water partition coefficient (Wildman–Crippen LogP) is 4.74. The molecule has 0 aliphatic heterocycles. The van der Waals surface area contributed by atoms with Crippen molar-refractivity contribution in [2.24, 2.45) is 0 Å². The van der Waals surface area contributed by atoms with E-state index in [1.54, 1.807) is 36.4 Å². The van der Waals surface area contributed by atoms with Crippen molar-refractivity contribution in [2.45, 2.75) is 12.5 Å². The van der Waals surface area contributed by atoms with Crippen LogP contribution in [0.15, 0.2) is 78.9 Å². The number of aromatic nitrogens is 2. The van der Waals surface area contributed by atoms with Crippen LogP contribution in [0.25, 0.3) is 10.6 Å². The molecule has 0 saturated carbocycles. The maximum absolute atomic E-state index is 13.2. The fourth-order valence-electron chi connectivity index (χ4n) is 3.15. The molecule has 10 heteroatoms.